The summed E-state index contributed by atoms with van der Waals surface area (Å²) in [6, 6.07) is 12.7. The molecular formula is C19H21FN2O4. The Morgan fingerprint density at radius 3 is 2.58 bits per heavy atom. The van der Waals surface area contributed by atoms with Gasteiger partial charge in [-0.25, -0.2) is 4.39 Å². The second-order valence-electron chi connectivity index (χ2n) is 6.06. The zero-order valence-corrected chi connectivity index (χ0v) is 14.6. The highest BCUT2D eigenvalue weighted by atomic mass is 19.1. The number of nitro groups is 1. The molecule has 2 atom stereocenters. The summed E-state index contributed by atoms with van der Waals surface area (Å²) >= 11 is 0. The van der Waals surface area contributed by atoms with Crippen molar-refractivity contribution in [2.24, 2.45) is 0 Å². The molecule has 0 unspecified atom stereocenters. The van der Waals surface area contributed by atoms with Crippen LogP contribution in [0.2, 0.25) is 0 Å². The Balaban J connectivity index is 1.91. The minimum absolute atomic E-state index is 0.101. The Hall–Kier alpha value is -2.96. The van der Waals surface area contributed by atoms with Gasteiger partial charge in [0.25, 0.3) is 5.91 Å². The molecule has 0 aliphatic heterocycles. The average molecular weight is 360 g/mol. The topological polar surface area (TPSA) is 81.5 Å². The first kappa shape index (κ1) is 19.4. The lowest BCUT2D eigenvalue weighted by molar-refractivity contribution is -0.386. The van der Waals surface area contributed by atoms with E-state index in [0.29, 0.717) is 0 Å². The molecule has 0 aromatic heterocycles. The van der Waals surface area contributed by atoms with E-state index >= 15 is 0 Å². The lowest BCUT2D eigenvalue weighted by Crippen LogP contribution is -2.41. The Labute approximate surface area is 151 Å². The van der Waals surface area contributed by atoms with Crippen molar-refractivity contribution in [3.63, 3.8) is 0 Å². The molecule has 26 heavy (non-hydrogen) atoms. The van der Waals surface area contributed by atoms with Gasteiger partial charge in [-0.1, -0.05) is 30.3 Å². The van der Waals surface area contributed by atoms with Crippen LogP contribution < -0.4 is 10.1 Å². The lowest BCUT2D eigenvalue weighted by atomic mass is 10.1. The second kappa shape index (κ2) is 8.94. The van der Waals surface area contributed by atoms with Gasteiger partial charge in [0.1, 0.15) is 5.82 Å². The van der Waals surface area contributed by atoms with Gasteiger partial charge in [0, 0.05) is 18.2 Å². The molecule has 0 saturated heterocycles. The molecule has 138 valence electrons. The highest BCUT2D eigenvalue weighted by Crippen LogP contribution is 2.28. The minimum atomic E-state index is -0.991. The maximum atomic E-state index is 13.3. The second-order valence-corrected chi connectivity index (χ2v) is 6.06. The molecule has 0 heterocycles. The maximum Gasteiger partial charge on any atom is 0.311 e. The monoisotopic (exact) mass is 360 g/mol. The van der Waals surface area contributed by atoms with Gasteiger partial charge >= 0.3 is 5.69 Å². The first-order chi connectivity index (χ1) is 12.4. The fourth-order valence-electron chi connectivity index (χ4n) is 2.44. The number of hydrogen-bond donors (Lipinski definition) is 1. The Bertz CT molecular complexity index is 767. The smallest absolute Gasteiger partial charge is 0.311 e. The molecule has 0 spiro atoms. The molecule has 2 aromatic rings. The molecule has 1 amide bonds. The molecule has 2 rings (SSSR count). The zero-order valence-electron chi connectivity index (χ0n) is 14.6. The third-order valence-electron chi connectivity index (χ3n) is 3.89. The Morgan fingerprint density at radius 1 is 1.23 bits per heavy atom. The number of carbonyl (C=O) groups is 1. The summed E-state index contributed by atoms with van der Waals surface area (Å²) < 4.78 is 18.7. The van der Waals surface area contributed by atoms with Crippen LogP contribution in [-0.2, 0) is 11.2 Å². The summed E-state index contributed by atoms with van der Waals surface area (Å²) in [5.74, 6) is -1.35. The van der Waals surface area contributed by atoms with E-state index in [1.807, 2.05) is 37.3 Å². The van der Waals surface area contributed by atoms with Gasteiger partial charge in [0.15, 0.2) is 6.10 Å². The number of halogens is 1. The highest BCUT2D eigenvalue weighted by molar-refractivity contribution is 5.81. The Morgan fingerprint density at radius 2 is 1.92 bits per heavy atom. The average Bonchev–Trinajstić information content (AvgIpc) is 2.60. The van der Waals surface area contributed by atoms with Crippen LogP contribution in [0.4, 0.5) is 10.1 Å². The van der Waals surface area contributed by atoms with Crippen LogP contribution in [0.25, 0.3) is 0 Å². The largest absolute Gasteiger partial charge is 0.474 e. The van der Waals surface area contributed by atoms with Crippen LogP contribution in [0.3, 0.4) is 0 Å². The van der Waals surface area contributed by atoms with Crippen molar-refractivity contribution >= 4 is 11.6 Å². The van der Waals surface area contributed by atoms with Crippen LogP contribution in [0.1, 0.15) is 25.8 Å². The van der Waals surface area contributed by atoms with Crippen LogP contribution in [0.5, 0.6) is 5.75 Å². The molecule has 0 saturated carbocycles. The molecular weight excluding hydrogens is 339 g/mol. The molecule has 2 aromatic carbocycles. The van der Waals surface area contributed by atoms with Gasteiger partial charge < -0.3 is 10.1 Å². The van der Waals surface area contributed by atoms with Crippen molar-refractivity contribution in [1.82, 2.24) is 5.32 Å². The first-order valence-corrected chi connectivity index (χ1v) is 8.31. The van der Waals surface area contributed by atoms with Crippen molar-refractivity contribution in [3.05, 3.63) is 70.0 Å². The van der Waals surface area contributed by atoms with E-state index < -0.39 is 22.8 Å². The van der Waals surface area contributed by atoms with E-state index in [1.54, 1.807) is 0 Å². The SMILES string of the molecule is C[C@@H](CCc1ccccc1)NC(=O)[C@@H](C)Oc1cc(F)ccc1[N+](=O)[O-]. The molecule has 0 fully saturated rings. The molecule has 0 aliphatic carbocycles. The molecule has 0 aliphatic rings. The van der Waals surface area contributed by atoms with Crippen molar-refractivity contribution < 1.29 is 18.8 Å². The lowest BCUT2D eigenvalue weighted by Gasteiger charge is -2.18. The summed E-state index contributed by atoms with van der Waals surface area (Å²) in [5, 5.41) is 13.8. The van der Waals surface area contributed by atoms with Crippen molar-refractivity contribution in [3.8, 4) is 5.75 Å². The quantitative estimate of drug-likeness (QED) is 0.576. The van der Waals surface area contributed by atoms with E-state index in [2.05, 4.69) is 5.32 Å². The van der Waals surface area contributed by atoms with E-state index in [-0.39, 0.29) is 17.5 Å². The summed E-state index contributed by atoms with van der Waals surface area (Å²) in [6.07, 6.45) is 0.560. The van der Waals surface area contributed by atoms with E-state index in [0.717, 1.165) is 31.0 Å². The van der Waals surface area contributed by atoms with Gasteiger partial charge in [-0.3, -0.25) is 14.9 Å². The predicted octanol–water partition coefficient (Wildman–Crippen LogP) is 3.64. The number of aryl methyl sites for hydroxylation is 1. The number of benzene rings is 2. The number of nitrogens with one attached hydrogen (secondary N) is 1. The summed E-state index contributed by atoms with van der Waals surface area (Å²) in [7, 11) is 0. The molecule has 7 heteroatoms. The van der Waals surface area contributed by atoms with Crippen molar-refractivity contribution in [2.75, 3.05) is 0 Å². The third-order valence-corrected chi connectivity index (χ3v) is 3.89. The van der Waals surface area contributed by atoms with Crippen LogP contribution in [0, 0.1) is 15.9 Å². The van der Waals surface area contributed by atoms with Crippen LogP contribution >= 0.6 is 0 Å². The van der Waals surface area contributed by atoms with Gasteiger partial charge in [0.2, 0.25) is 5.75 Å². The molecule has 1 N–H and O–H groups in total. The fourth-order valence-corrected chi connectivity index (χ4v) is 2.44. The number of hydrogen-bond acceptors (Lipinski definition) is 4. The van der Waals surface area contributed by atoms with E-state index in [9.17, 15) is 19.3 Å². The minimum Gasteiger partial charge on any atom is -0.474 e. The number of carbonyl (C=O) groups excluding carboxylic acids is 1. The van der Waals surface area contributed by atoms with Gasteiger partial charge in [-0.15, -0.1) is 0 Å². The summed E-state index contributed by atoms with van der Waals surface area (Å²) in [4.78, 5) is 22.5. The van der Waals surface area contributed by atoms with Gasteiger partial charge in [0.05, 0.1) is 4.92 Å². The third kappa shape index (κ3) is 5.54. The standard InChI is InChI=1S/C19H21FN2O4/c1-13(8-9-15-6-4-3-5-7-15)21-19(23)14(2)26-18-12-16(20)10-11-17(18)22(24)25/h3-7,10-14H,8-9H2,1-2H3,(H,21,23)/t13-,14+/m0/s1. The molecule has 0 radical (unpaired) electrons. The summed E-state index contributed by atoms with van der Waals surface area (Å²) in [6.45, 7) is 3.34. The summed E-state index contributed by atoms with van der Waals surface area (Å²) in [5.41, 5.74) is 0.788. The number of nitrogens with zero attached hydrogens (tertiary/aromatic N) is 1. The fraction of sp³-hybridized carbons (Fsp3) is 0.316. The Kier molecular flexibility index (Phi) is 6.66. The van der Waals surface area contributed by atoms with Gasteiger partial charge in [-0.2, -0.15) is 0 Å². The number of rotatable bonds is 8. The normalized spacial score (nSPS) is 12.9. The number of ether oxygens (including phenoxy) is 1. The molecule has 6 nitrogen and oxygen atoms in total. The van der Waals surface area contributed by atoms with Crippen LogP contribution in [-0.4, -0.2) is 23.0 Å². The number of amides is 1. The predicted molar refractivity (Wildman–Crippen MR) is 95.5 cm³/mol. The van der Waals surface area contributed by atoms with Crippen molar-refractivity contribution in [1.29, 1.82) is 0 Å². The van der Waals surface area contributed by atoms with Crippen molar-refractivity contribution in [2.45, 2.75) is 38.8 Å². The number of nitro benzene ring substituents is 1. The van der Waals surface area contributed by atoms with E-state index in [4.69, 9.17) is 4.74 Å². The van der Waals surface area contributed by atoms with Gasteiger partial charge in [-0.05, 0) is 38.3 Å². The van der Waals surface area contributed by atoms with E-state index in [1.165, 1.54) is 12.5 Å². The zero-order chi connectivity index (χ0) is 19.1. The first-order valence-electron chi connectivity index (χ1n) is 8.31. The highest BCUT2D eigenvalue weighted by Gasteiger charge is 2.22. The molecule has 0 bridgehead atoms. The maximum absolute atomic E-state index is 13.3. The van der Waals surface area contributed by atoms with Crippen LogP contribution in [0.15, 0.2) is 48.5 Å².